The van der Waals surface area contributed by atoms with E-state index in [1.807, 2.05) is 18.2 Å². The summed E-state index contributed by atoms with van der Waals surface area (Å²) in [5, 5.41) is 0.737. The first-order valence-corrected chi connectivity index (χ1v) is 9.86. The molecule has 6 heteroatoms. The molecule has 0 aliphatic carbocycles. The highest BCUT2D eigenvalue weighted by molar-refractivity contribution is 6.05. The molecule has 2 aromatic carbocycles. The molecule has 2 heterocycles. The number of hydrogen-bond donors (Lipinski definition) is 1. The first-order valence-electron chi connectivity index (χ1n) is 9.86. The lowest BCUT2D eigenvalue weighted by molar-refractivity contribution is 0.0670. The second-order valence-corrected chi connectivity index (χ2v) is 7.64. The topological polar surface area (TPSA) is 53.2 Å². The number of rotatable bonds is 4. The molecule has 0 spiro atoms. The van der Waals surface area contributed by atoms with Crippen molar-refractivity contribution < 1.29 is 13.6 Å². The van der Waals surface area contributed by atoms with Crippen molar-refractivity contribution in [3.8, 4) is 0 Å². The highest BCUT2D eigenvalue weighted by Crippen LogP contribution is 2.25. The summed E-state index contributed by atoms with van der Waals surface area (Å²) in [6.07, 6.45) is 3.31. The molecule has 4 rings (SSSR count). The van der Waals surface area contributed by atoms with Crippen molar-refractivity contribution in [3.63, 3.8) is 0 Å². The fourth-order valence-electron chi connectivity index (χ4n) is 4.10. The maximum absolute atomic E-state index is 13.4. The summed E-state index contributed by atoms with van der Waals surface area (Å²) >= 11 is 0. The van der Waals surface area contributed by atoms with Gasteiger partial charge in [0.05, 0.1) is 5.56 Å². The summed E-state index contributed by atoms with van der Waals surface area (Å²) in [7, 11) is 0. The Hall–Kier alpha value is -3.02. The second-order valence-electron chi connectivity index (χ2n) is 7.64. The van der Waals surface area contributed by atoms with Crippen LogP contribution < -0.4 is 5.56 Å². The SMILES string of the molecule is O=C(c1cc(=O)[nH]c2ccccc12)N1CCCC(CCc2ccc(F)c(F)c2)C1. The fraction of sp³-hybridized carbons (Fsp3) is 0.304. The van der Waals surface area contributed by atoms with Crippen LogP contribution in [0.2, 0.25) is 0 Å². The van der Waals surface area contributed by atoms with Crippen molar-refractivity contribution in [1.29, 1.82) is 0 Å². The largest absolute Gasteiger partial charge is 0.338 e. The number of carbonyl (C=O) groups is 1. The Bertz CT molecular complexity index is 1110. The Kier molecular flexibility index (Phi) is 5.43. The number of nitrogens with one attached hydrogen (secondary N) is 1. The van der Waals surface area contributed by atoms with Gasteiger partial charge in [0, 0.05) is 30.1 Å². The Labute approximate surface area is 167 Å². The van der Waals surface area contributed by atoms with Gasteiger partial charge in [-0.1, -0.05) is 24.3 Å². The molecule has 0 radical (unpaired) electrons. The molecule has 29 heavy (non-hydrogen) atoms. The molecule has 1 fully saturated rings. The molecule has 1 aromatic heterocycles. The summed E-state index contributed by atoms with van der Waals surface area (Å²) in [6, 6.07) is 12.7. The third-order valence-corrected chi connectivity index (χ3v) is 5.61. The number of nitrogens with zero attached hydrogens (tertiary/aromatic N) is 1. The molecular weight excluding hydrogens is 374 g/mol. The van der Waals surface area contributed by atoms with Crippen LogP contribution in [0.4, 0.5) is 8.78 Å². The summed E-state index contributed by atoms with van der Waals surface area (Å²) in [6.45, 7) is 1.26. The number of piperidine rings is 1. The number of aryl methyl sites for hydroxylation is 1. The number of aromatic amines is 1. The van der Waals surface area contributed by atoms with Crippen LogP contribution >= 0.6 is 0 Å². The van der Waals surface area contributed by atoms with E-state index in [-0.39, 0.29) is 17.4 Å². The van der Waals surface area contributed by atoms with Crippen LogP contribution in [-0.2, 0) is 6.42 Å². The van der Waals surface area contributed by atoms with Gasteiger partial charge in [-0.2, -0.15) is 0 Å². The van der Waals surface area contributed by atoms with Gasteiger partial charge in [-0.15, -0.1) is 0 Å². The number of likely N-dealkylation sites (tertiary alicyclic amines) is 1. The normalized spacial score (nSPS) is 16.9. The molecule has 1 N–H and O–H groups in total. The average Bonchev–Trinajstić information content (AvgIpc) is 2.73. The Morgan fingerprint density at radius 2 is 1.93 bits per heavy atom. The highest BCUT2D eigenvalue weighted by atomic mass is 19.2. The van der Waals surface area contributed by atoms with E-state index in [0.29, 0.717) is 30.6 Å². The van der Waals surface area contributed by atoms with Crippen LogP contribution in [0.3, 0.4) is 0 Å². The first kappa shape index (κ1) is 19.3. The second kappa shape index (κ2) is 8.15. The zero-order chi connectivity index (χ0) is 20.4. The number of benzene rings is 2. The third-order valence-electron chi connectivity index (χ3n) is 5.61. The predicted molar refractivity (Wildman–Crippen MR) is 108 cm³/mol. The van der Waals surface area contributed by atoms with E-state index < -0.39 is 11.6 Å². The monoisotopic (exact) mass is 396 g/mol. The van der Waals surface area contributed by atoms with Gasteiger partial charge in [0.25, 0.3) is 5.91 Å². The minimum atomic E-state index is -0.840. The zero-order valence-corrected chi connectivity index (χ0v) is 16.0. The highest BCUT2D eigenvalue weighted by Gasteiger charge is 2.25. The van der Waals surface area contributed by atoms with E-state index in [1.54, 1.807) is 17.0 Å². The summed E-state index contributed by atoms with van der Waals surface area (Å²) in [5.74, 6) is -1.52. The van der Waals surface area contributed by atoms with Crippen molar-refractivity contribution in [3.05, 3.63) is 81.6 Å². The molecule has 150 valence electrons. The number of carbonyl (C=O) groups excluding carboxylic acids is 1. The molecule has 1 aliphatic heterocycles. The summed E-state index contributed by atoms with van der Waals surface area (Å²) in [4.78, 5) is 29.7. The van der Waals surface area contributed by atoms with Gasteiger partial charge in [0.1, 0.15) is 0 Å². The van der Waals surface area contributed by atoms with E-state index in [2.05, 4.69) is 4.98 Å². The maximum atomic E-state index is 13.4. The number of hydrogen-bond acceptors (Lipinski definition) is 2. The first-order chi connectivity index (χ1) is 14.0. The smallest absolute Gasteiger partial charge is 0.254 e. The minimum Gasteiger partial charge on any atom is -0.338 e. The molecule has 1 atom stereocenters. The van der Waals surface area contributed by atoms with E-state index in [0.717, 1.165) is 36.3 Å². The van der Waals surface area contributed by atoms with Crippen molar-refractivity contribution >= 4 is 16.8 Å². The molecule has 0 bridgehead atoms. The third kappa shape index (κ3) is 4.21. The molecule has 1 saturated heterocycles. The standard InChI is InChI=1S/C23H22F2N2O2/c24-19-10-9-15(12-20(19)25)7-8-16-4-3-11-27(14-16)23(29)18-13-22(28)26-21-6-2-1-5-17(18)21/h1-2,5-6,9-10,12-13,16H,3-4,7-8,11,14H2,(H,26,28). The molecule has 0 saturated carbocycles. The lowest BCUT2D eigenvalue weighted by Gasteiger charge is -2.33. The lowest BCUT2D eigenvalue weighted by Crippen LogP contribution is -2.40. The molecule has 3 aromatic rings. The van der Waals surface area contributed by atoms with Crippen molar-refractivity contribution in [1.82, 2.24) is 9.88 Å². The Morgan fingerprint density at radius 1 is 1.10 bits per heavy atom. The van der Waals surface area contributed by atoms with Gasteiger partial charge in [0.15, 0.2) is 11.6 Å². The van der Waals surface area contributed by atoms with Crippen molar-refractivity contribution in [2.45, 2.75) is 25.7 Å². The van der Waals surface area contributed by atoms with Gasteiger partial charge in [0.2, 0.25) is 5.56 Å². The van der Waals surface area contributed by atoms with Crippen molar-refractivity contribution in [2.75, 3.05) is 13.1 Å². The molecular formula is C23H22F2N2O2. The summed E-state index contributed by atoms with van der Waals surface area (Å²) < 4.78 is 26.5. The number of para-hydroxylation sites is 1. The Balaban J connectivity index is 1.48. The van der Waals surface area contributed by atoms with E-state index in [9.17, 15) is 18.4 Å². The quantitative estimate of drug-likeness (QED) is 0.715. The number of halogens is 2. The average molecular weight is 396 g/mol. The van der Waals surface area contributed by atoms with Crippen LogP contribution in [0.5, 0.6) is 0 Å². The van der Waals surface area contributed by atoms with E-state index >= 15 is 0 Å². The lowest BCUT2D eigenvalue weighted by atomic mass is 9.91. The van der Waals surface area contributed by atoms with Crippen molar-refractivity contribution in [2.24, 2.45) is 5.92 Å². The van der Waals surface area contributed by atoms with E-state index in [4.69, 9.17) is 0 Å². The predicted octanol–water partition coefficient (Wildman–Crippen LogP) is 4.29. The van der Waals surface area contributed by atoms with Crippen LogP contribution in [0.1, 0.15) is 35.2 Å². The van der Waals surface area contributed by atoms with Crippen LogP contribution in [0, 0.1) is 17.6 Å². The molecule has 1 unspecified atom stereocenters. The van der Waals surface area contributed by atoms with Crippen LogP contribution in [-0.4, -0.2) is 28.9 Å². The zero-order valence-electron chi connectivity index (χ0n) is 16.0. The number of fused-ring (bicyclic) bond motifs is 1. The van der Waals surface area contributed by atoms with Gasteiger partial charge in [-0.3, -0.25) is 9.59 Å². The summed E-state index contributed by atoms with van der Waals surface area (Å²) in [5.41, 5.74) is 1.53. The van der Waals surface area contributed by atoms with Crippen LogP contribution in [0.15, 0.2) is 53.3 Å². The fourth-order valence-corrected chi connectivity index (χ4v) is 4.10. The molecule has 1 aliphatic rings. The Morgan fingerprint density at radius 3 is 2.76 bits per heavy atom. The van der Waals surface area contributed by atoms with E-state index in [1.165, 1.54) is 12.1 Å². The van der Waals surface area contributed by atoms with Gasteiger partial charge in [-0.25, -0.2) is 8.78 Å². The van der Waals surface area contributed by atoms with Gasteiger partial charge in [-0.05, 0) is 55.4 Å². The number of aromatic nitrogens is 1. The maximum Gasteiger partial charge on any atom is 0.254 e. The molecule has 4 nitrogen and oxygen atoms in total. The van der Waals surface area contributed by atoms with Crippen LogP contribution in [0.25, 0.3) is 10.9 Å². The van der Waals surface area contributed by atoms with Gasteiger partial charge < -0.3 is 9.88 Å². The number of amides is 1. The minimum absolute atomic E-state index is 0.134. The number of H-pyrrole nitrogens is 1. The number of pyridine rings is 1. The molecule has 1 amide bonds. The van der Waals surface area contributed by atoms with Gasteiger partial charge >= 0.3 is 0 Å².